The predicted octanol–water partition coefficient (Wildman–Crippen LogP) is 3.41. The molecule has 1 amide bonds. The Morgan fingerprint density at radius 3 is 2.80 bits per heavy atom. The third kappa shape index (κ3) is 3.55. The van der Waals surface area contributed by atoms with Gasteiger partial charge in [0.15, 0.2) is 0 Å². The highest BCUT2D eigenvalue weighted by Crippen LogP contribution is 2.22. The van der Waals surface area contributed by atoms with Crippen molar-refractivity contribution < 1.29 is 14.7 Å². The summed E-state index contributed by atoms with van der Waals surface area (Å²) in [6, 6.07) is 9.31. The van der Waals surface area contributed by atoms with Crippen molar-refractivity contribution in [3.63, 3.8) is 0 Å². The van der Waals surface area contributed by atoms with Crippen LogP contribution in [0.2, 0.25) is 0 Å². The number of hydrogen-bond donors (Lipinski definition) is 2. The molecule has 2 rings (SSSR count). The van der Waals surface area contributed by atoms with Crippen LogP contribution in [-0.4, -0.2) is 17.0 Å². The second-order valence-electron chi connectivity index (χ2n) is 4.21. The minimum absolute atomic E-state index is 0.127. The maximum Gasteiger partial charge on any atom is 0.348 e. The van der Waals surface area contributed by atoms with Crippen molar-refractivity contribution in [3.05, 3.63) is 57.8 Å². The molecule has 0 bridgehead atoms. The number of aromatic carboxylic acids is 1. The van der Waals surface area contributed by atoms with Gasteiger partial charge in [-0.3, -0.25) is 4.79 Å². The first-order valence-corrected chi connectivity index (χ1v) is 6.81. The summed E-state index contributed by atoms with van der Waals surface area (Å²) in [5.74, 6) is -1.40. The van der Waals surface area contributed by atoms with E-state index in [9.17, 15) is 9.59 Å². The molecule has 0 saturated heterocycles. The smallest absolute Gasteiger partial charge is 0.348 e. The first-order valence-electron chi connectivity index (χ1n) is 5.93. The predicted molar refractivity (Wildman–Crippen MR) is 80.1 cm³/mol. The number of carboxylic acid groups (broad SMARTS) is 1. The number of benzene rings is 1. The molecule has 0 radical (unpaired) electrons. The molecule has 0 aliphatic heterocycles. The van der Waals surface area contributed by atoms with Gasteiger partial charge in [-0.25, -0.2) is 4.79 Å². The van der Waals surface area contributed by atoms with E-state index in [0.29, 0.717) is 5.69 Å². The van der Waals surface area contributed by atoms with Crippen molar-refractivity contribution in [1.29, 1.82) is 0 Å². The zero-order valence-electron chi connectivity index (χ0n) is 10.8. The standard InChI is InChI=1S/C15H13NO3S/c1-10-3-2-4-11(9-10)5-6-13(17)16-12-7-8-20-14(12)15(18)19/h2-9H,1H3,(H,16,17)(H,18,19)/b6-5+. The van der Waals surface area contributed by atoms with Crippen molar-refractivity contribution in [2.45, 2.75) is 6.92 Å². The normalized spacial score (nSPS) is 10.7. The lowest BCUT2D eigenvalue weighted by Gasteiger charge is -2.00. The van der Waals surface area contributed by atoms with E-state index < -0.39 is 5.97 Å². The van der Waals surface area contributed by atoms with Gasteiger partial charge in [-0.05, 0) is 30.0 Å². The van der Waals surface area contributed by atoms with Gasteiger partial charge >= 0.3 is 5.97 Å². The summed E-state index contributed by atoms with van der Waals surface area (Å²) in [6.07, 6.45) is 3.08. The van der Waals surface area contributed by atoms with Crippen molar-refractivity contribution in [2.75, 3.05) is 5.32 Å². The third-order valence-corrected chi connectivity index (χ3v) is 3.49. The van der Waals surface area contributed by atoms with Gasteiger partial charge < -0.3 is 10.4 Å². The Hall–Kier alpha value is -2.40. The average molecular weight is 287 g/mol. The molecule has 4 nitrogen and oxygen atoms in total. The topological polar surface area (TPSA) is 66.4 Å². The van der Waals surface area contributed by atoms with Crippen LogP contribution in [0.5, 0.6) is 0 Å². The maximum atomic E-state index is 11.8. The summed E-state index contributed by atoms with van der Waals surface area (Å²) in [5, 5.41) is 13.1. The molecule has 0 aliphatic rings. The first kappa shape index (κ1) is 14.0. The highest BCUT2D eigenvalue weighted by Gasteiger charge is 2.12. The monoisotopic (exact) mass is 287 g/mol. The van der Waals surface area contributed by atoms with Crippen LogP contribution in [0.15, 0.2) is 41.8 Å². The fourth-order valence-corrected chi connectivity index (χ4v) is 2.38. The van der Waals surface area contributed by atoms with Crippen LogP contribution in [0.25, 0.3) is 6.08 Å². The number of aryl methyl sites for hydroxylation is 1. The van der Waals surface area contributed by atoms with Crippen LogP contribution in [0.1, 0.15) is 20.8 Å². The fourth-order valence-electron chi connectivity index (χ4n) is 1.69. The number of carbonyl (C=O) groups is 2. The molecule has 0 spiro atoms. The minimum atomic E-state index is -1.04. The lowest BCUT2D eigenvalue weighted by molar-refractivity contribution is -0.111. The van der Waals surface area contributed by atoms with E-state index in [2.05, 4.69) is 5.32 Å². The Morgan fingerprint density at radius 2 is 2.10 bits per heavy atom. The van der Waals surface area contributed by atoms with Crippen molar-refractivity contribution in [2.24, 2.45) is 0 Å². The van der Waals surface area contributed by atoms with E-state index >= 15 is 0 Å². The Labute approximate surface area is 120 Å². The third-order valence-electron chi connectivity index (χ3n) is 2.59. The lowest BCUT2D eigenvalue weighted by Crippen LogP contribution is -2.09. The molecule has 2 N–H and O–H groups in total. The van der Waals surface area contributed by atoms with Gasteiger partial charge in [-0.15, -0.1) is 11.3 Å². The number of hydrogen-bond acceptors (Lipinski definition) is 3. The molecule has 2 aromatic rings. The van der Waals surface area contributed by atoms with Crippen molar-refractivity contribution in [3.8, 4) is 0 Å². The van der Waals surface area contributed by atoms with Gasteiger partial charge in [0.05, 0.1) is 5.69 Å². The Bertz CT molecular complexity index is 673. The molecule has 20 heavy (non-hydrogen) atoms. The number of carboxylic acids is 1. The second-order valence-corrected chi connectivity index (χ2v) is 5.12. The van der Waals surface area contributed by atoms with E-state index in [-0.39, 0.29) is 10.8 Å². The van der Waals surface area contributed by atoms with E-state index in [1.807, 2.05) is 31.2 Å². The fraction of sp³-hybridized carbons (Fsp3) is 0.0667. The van der Waals surface area contributed by atoms with Gasteiger partial charge in [0.1, 0.15) is 4.88 Å². The zero-order chi connectivity index (χ0) is 14.5. The summed E-state index contributed by atoms with van der Waals surface area (Å²) in [7, 11) is 0. The minimum Gasteiger partial charge on any atom is -0.477 e. The van der Waals surface area contributed by atoms with E-state index in [1.54, 1.807) is 17.5 Å². The summed E-state index contributed by atoms with van der Waals surface area (Å²) >= 11 is 1.08. The molecule has 1 aromatic heterocycles. The average Bonchev–Trinajstić information content (AvgIpc) is 2.85. The molecule has 0 fully saturated rings. The van der Waals surface area contributed by atoms with Gasteiger partial charge in [0, 0.05) is 6.08 Å². The second kappa shape index (κ2) is 6.16. The molecule has 5 heteroatoms. The number of thiophene rings is 1. The SMILES string of the molecule is Cc1cccc(/C=C/C(=O)Nc2ccsc2C(=O)O)c1. The zero-order valence-corrected chi connectivity index (χ0v) is 11.6. The van der Waals surface area contributed by atoms with E-state index in [4.69, 9.17) is 5.11 Å². The number of carbonyl (C=O) groups excluding carboxylic acids is 1. The summed E-state index contributed by atoms with van der Waals surface area (Å²) in [4.78, 5) is 22.8. The number of rotatable bonds is 4. The van der Waals surface area contributed by atoms with Crippen LogP contribution in [0.3, 0.4) is 0 Å². The van der Waals surface area contributed by atoms with Crippen LogP contribution in [0, 0.1) is 6.92 Å². The molecule has 102 valence electrons. The van der Waals surface area contributed by atoms with E-state index in [0.717, 1.165) is 22.5 Å². The number of anilines is 1. The Morgan fingerprint density at radius 1 is 1.30 bits per heavy atom. The van der Waals surface area contributed by atoms with Gasteiger partial charge in [-0.2, -0.15) is 0 Å². The highest BCUT2D eigenvalue weighted by atomic mass is 32.1. The molecule has 0 saturated carbocycles. The van der Waals surface area contributed by atoms with Gasteiger partial charge in [0.2, 0.25) is 5.91 Å². The van der Waals surface area contributed by atoms with E-state index in [1.165, 1.54) is 6.08 Å². The van der Waals surface area contributed by atoms with Gasteiger partial charge in [0.25, 0.3) is 0 Å². The summed E-state index contributed by atoms with van der Waals surface area (Å²) < 4.78 is 0. The van der Waals surface area contributed by atoms with Crippen LogP contribution in [0.4, 0.5) is 5.69 Å². The molecule has 0 unspecified atom stereocenters. The Kier molecular flexibility index (Phi) is 4.32. The van der Waals surface area contributed by atoms with Gasteiger partial charge in [-0.1, -0.05) is 29.8 Å². The largest absolute Gasteiger partial charge is 0.477 e. The maximum absolute atomic E-state index is 11.8. The molecule has 1 aromatic carbocycles. The molecular formula is C15H13NO3S. The molecule has 0 aliphatic carbocycles. The van der Waals surface area contributed by atoms with Crippen molar-refractivity contribution in [1.82, 2.24) is 0 Å². The Balaban J connectivity index is 2.06. The number of amides is 1. The molecule has 0 atom stereocenters. The van der Waals surface area contributed by atoms with Crippen LogP contribution >= 0.6 is 11.3 Å². The number of nitrogens with one attached hydrogen (secondary N) is 1. The highest BCUT2D eigenvalue weighted by molar-refractivity contribution is 7.12. The lowest BCUT2D eigenvalue weighted by atomic mass is 10.1. The van der Waals surface area contributed by atoms with Crippen LogP contribution < -0.4 is 5.32 Å². The molecular weight excluding hydrogens is 274 g/mol. The molecule has 1 heterocycles. The first-order chi connectivity index (χ1) is 9.56. The summed E-state index contributed by atoms with van der Waals surface area (Å²) in [6.45, 7) is 1.97. The quantitative estimate of drug-likeness (QED) is 0.847. The van der Waals surface area contributed by atoms with Crippen LogP contribution in [-0.2, 0) is 4.79 Å². The van der Waals surface area contributed by atoms with Crippen molar-refractivity contribution >= 4 is 35.0 Å². The summed E-state index contributed by atoms with van der Waals surface area (Å²) in [5.41, 5.74) is 2.35.